The zero-order valence-corrected chi connectivity index (χ0v) is 17.9. The summed E-state index contributed by atoms with van der Waals surface area (Å²) in [5.41, 5.74) is 3.59. The molecule has 0 N–H and O–H groups in total. The molecule has 0 aliphatic carbocycles. The average molecular weight is 428 g/mol. The number of amides is 1. The molecule has 158 valence electrons. The second kappa shape index (κ2) is 8.14. The molecule has 1 aliphatic heterocycles. The van der Waals surface area contributed by atoms with Crippen molar-refractivity contribution in [2.45, 2.75) is 32.4 Å². The summed E-state index contributed by atoms with van der Waals surface area (Å²) in [6.07, 6.45) is 2.26. The van der Waals surface area contributed by atoms with Crippen LogP contribution in [0.4, 0.5) is 0 Å². The van der Waals surface area contributed by atoms with Gasteiger partial charge in [0.25, 0.3) is 0 Å². The SMILES string of the molecule is COc1ccc(CN(C(=O)Cc2coc3ccc(C)cc23)[C@H]2CCS(=O)(=O)C2)cc1. The predicted octanol–water partition coefficient (Wildman–Crippen LogP) is 3.51. The average Bonchev–Trinajstić information content (AvgIpc) is 3.29. The number of ether oxygens (including phenoxy) is 1. The van der Waals surface area contributed by atoms with E-state index >= 15 is 0 Å². The number of hydrogen-bond donors (Lipinski definition) is 0. The van der Waals surface area contributed by atoms with Gasteiger partial charge in [-0.05, 0) is 43.2 Å². The Hall–Kier alpha value is -2.80. The van der Waals surface area contributed by atoms with Gasteiger partial charge in [-0.3, -0.25) is 4.79 Å². The van der Waals surface area contributed by atoms with Crippen LogP contribution in [0.3, 0.4) is 0 Å². The fourth-order valence-electron chi connectivity index (χ4n) is 3.97. The third-order valence-corrected chi connectivity index (χ3v) is 7.38. The van der Waals surface area contributed by atoms with Gasteiger partial charge in [-0.25, -0.2) is 8.42 Å². The summed E-state index contributed by atoms with van der Waals surface area (Å²) in [4.78, 5) is 15.0. The first kappa shape index (κ1) is 20.5. The summed E-state index contributed by atoms with van der Waals surface area (Å²) >= 11 is 0. The second-order valence-electron chi connectivity index (χ2n) is 7.86. The summed E-state index contributed by atoms with van der Waals surface area (Å²) < 4.78 is 34.9. The Morgan fingerprint density at radius 2 is 1.97 bits per heavy atom. The van der Waals surface area contributed by atoms with Crippen LogP contribution in [0.25, 0.3) is 11.0 Å². The van der Waals surface area contributed by atoms with E-state index in [1.54, 1.807) is 18.3 Å². The Balaban J connectivity index is 1.60. The van der Waals surface area contributed by atoms with Crippen molar-refractivity contribution in [3.8, 4) is 5.75 Å². The minimum Gasteiger partial charge on any atom is -0.497 e. The van der Waals surface area contributed by atoms with Gasteiger partial charge in [-0.1, -0.05) is 23.8 Å². The van der Waals surface area contributed by atoms with E-state index in [1.807, 2.05) is 49.4 Å². The topological polar surface area (TPSA) is 76.8 Å². The number of carbonyl (C=O) groups is 1. The first-order valence-corrected chi connectivity index (χ1v) is 11.8. The number of sulfone groups is 1. The van der Waals surface area contributed by atoms with Crippen molar-refractivity contribution in [1.82, 2.24) is 4.90 Å². The van der Waals surface area contributed by atoms with Crippen LogP contribution in [0.5, 0.6) is 5.75 Å². The molecule has 1 atom stereocenters. The van der Waals surface area contributed by atoms with Crippen LogP contribution in [0.2, 0.25) is 0 Å². The number of nitrogens with zero attached hydrogens (tertiary/aromatic N) is 1. The summed E-state index contributed by atoms with van der Waals surface area (Å²) in [5.74, 6) is 0.773. The van der Waals surface area contributed by atoms with Crippen molar-refractivity contribution in [2.24, 2.45) is 0 Å². The van der Waals surface area contributed by atoms with E-state index in [9.17, 15) is 13.2 Å². The molecule has 6 nitrogen and oxygen atoms in total. The first-order chi connectivity index (χ1) is 14.3. The van der Waals surface area contributed by atoms with Crippen molar-refractivity contribution in [3.05, 3.63) is 65.4 Å². The van der Waals surface area contributed by atoms with Gasteiger partial charge in [-0.15, -0.1) is 0 Å². The van der Waals surface area contributed by atoms with Crippen LogP contribution in [0, 0.1) is 6.92 Å². The third kappa shape index (κ3) is 4.36. The number of aryl methyl sites for hydroxylation is 1. The van der Waals surface area contributed by atoms with E-state index in [4.69, 9.17) is 9.15 Å². The monoisotopic (exact) mass is 427 g/mol. The maximum Gasteiger partial charge on any atom is 0.227 e. The Morgan fingerprint density at radius 3 is 2.63 bits per heavy atom. The lowest BCUT2D eigenvalue weighted by Crippen LogP contribution is -2.41. The summed E-state index contributed by atoms with van der Waals surface area (Å²) in [6, 6.07) is 13.1. The van der Waals surface area contributed by atoms with E-state index in [2.05, 4.69) is 0 Å². The summed E-state index contributed by atoms with van der Waals surface area (Å²) in [7, 11) is -1.51. The number of carbonyl (C=O) groups excluding carboxylic acids is 1. The molecule has 7 heteroatoms. The standard InChI is InChI=1S/C23H25NO5S/c1-16-3-8-22-21(11-16)18(14-29-22)12-23(25)24(19-9-10-30(26,27)15-19)13-17-4-6-20(28-2)7-5-17/h3-8,11,14,19H,9-10,12-13,15H2,1-2H3/t19-/m0/s1. The van der Waals surface area contributed by atoms with E-state index in [0.29, 0.717) is 13.0 Å². The molecule has 0 bridgehead atoms. The van der Waals surface area contributed by atoms with Gasteiger partial charge in [0.05, 0.1) is 31.3 Å². The van der Waals surface area contributed by atoms with E-state index < -0.39 is 9.84 Å². The van der Waals surface area contributed by atoms with E-state index in [1.165, 1.54) is 0 Å². The third-order valence-electron chi connectivity index (χ3n) is 5.63. The lowest BCUT2D eigenvalue weighted by molar-refractivity contribution is -0.133. The van der Waals surface area contributed by atoms with Crippen LogP contribution >= 0.6 is 0 Å². The van der Waals surface area contributed by atoms with Crippen molar-refractivity contribution >= 4 is 26.7 Å². The lowest BCUT2D eigenvalue weighted by Gasteiger charge is -2.28. The Kier molecular flexibility index (Phi) is 5.56. The van der Waals surface area contributed by atoms with E-state index in [-0.39, 0.29) is 29.9 Å². The fraction of sp³-hybridized carbons (Fsp3) is 0.348. The second-order valence-corrected chi connectivity index (χ2v) is 10.1. The molecule has 1 amide bonds. The number of benzene rings is 2. The molecule has 1 aromatic heterocycles. The van der Waals surface area contributed by atoms with Gasteiger partial charge in [0.15, 0.2) is 9.84 Å². The predicted molar refractivity (Wildman–Crippen MR) is 115 cm³/mol. The van der Waals surface area contributed by atoms with Crippen molar-refractivity contribution in [1.29, 1.82) is 0 Å². The largest absolute Gasteiger partial charge is 0.497 e. The van der Waals surface area contributed by atoms with Crippen molar-refractivity contribution in [2.75, 3.05) is 18.6 Å². The van der Waals surface area contributed by atoms with Crippen molar-refractivity contribution in [3.63, 3.8) is 0 Å². The van der Waals surface area contributed by atoms with Gasteiger partial charge < -0.3 is 14.1 Å². The van der Waals surface area contributed by atoms with Crippen LogP contribution in [0.15, 0.2) is 53.1 Å². The zero-order chi connectivity index (χ0) is 21.3. The highest BCUT2D eigenvalue weighted by molar-refractivity contribution is 7.91. The molecule has 2 aromatic carbocycles. The Labute approximate surface area is 176 Å². The summed E-state index contributed by atoms with van der Waals surface area (Å²) in [6.45, 7) is 2.36. The highest BCUT2D eigenvalue weighted by atomic mass is 32.2. The van der Waals surface area contributed by atoms with Gasteiger partial charge in [0.2, 0.25) is 5.91 Å². The molecule has 0 unspecified atom stereocenters. The fourth-order valence-corrected chi connectivity index (χ4v) is 5.70. The van der Waals surface area contributed by atoms with Gasteiger partial charge in [-0.2, -0.15) is 0 Å². The number of methoxy groups -OCH3 is 1. The van der Waals surface area contributed by atoms with Crippen LogP contribution < -0.4 is 4.74 Å². The maximum atomic E-state index is 13.3. The molecule has 0 spiro atoms. The molecule has 30 heavy (non-hydrogen) atoms. The highest BCUT2D eigenvalue weighted by Crippen LogP contribution is 2.26. The molecular weight excluding hydrogens is 402 g/mol. The molecule has 4 rings (SSSR count). The molecule has 1 fully saturated rings. The Bertz CT molecular complexity index is 1160. The quantitative estimate of drug-likeness (QED) is 0.602. The molecule has 0 saturated carbocycles. The normalized spacial score (nSPS) is 17.9. The number of hydrogen-bond acceptors (Lipinski definition) is 5. The first-order valence-electron chi connectivity index (χ1n) is 9.94. The molecule has 1 saturated heterocycles. The lowest BCUT2D eigenvalue weighted by atomic mass is 10.1. The van der Waals surface area contributed by atoms with Gasteiger partial charge >= 0.3 is 0 Å². The minimum absolute atomic E-state index is 0.0140. The van der Waals surface area contributed by atoms with E-state index in [0.717, 1.165) is 33.4 Å². The van der Waals surface area contributed by atoms with Gasteiger partial charge in [0.1, 0.15) is 11.3 Å². The smallest absolute Gasteiger partial charge is 0.227 e. The molecule has 3 aromatic rings. The minimum atomic E-state index is -3.11. The van der Waals surface area contributed by atoms with Crippen LogP contribution in [0.1, 0.15) is 23.1 Å². The molecule has 0 radical (unpaired) electrons. The van der Waals surface area contributed by atoms with Crippen LogP contribution in [-0.4, -0.2) is 43.9 Å². The van der Waals surface area contributed by atoms with Gasteiger partial charge in [0, 0.05) is 23.5 Å². The highest BCUT2D eigenvalue weighted by Gasteiger charge is 2.34. The summed E-state index contributed by atoms with van der Waals surface area (Å²) in [5, 5.41) is 0.923. The molecule has 1 aliphatic rings. The maximum absolute atomic E-state index is 13.3. The Morgan fingerprint density at radius 1 is 1.20 bits per heavy atom. The van der Waals surface area contributed by atoms with Crippen LogP contribution in [-0.2, 0) is 27.6 Å². The van der Waals surface area contributed by atoms with Crippen molar-refractivity contribution < 1.29 is 22.4 Å². The number of rotatable bonds is 6. The molecule has 2 heterocycles. The molecular formula is C23H25NO5S. The number of furan rings is 1. The zero-order valence-electron chi connectivity index (χ0n) is 17.1. The number of fused-ring (bicyclic) bond motifs is 1.